The van der Waals surface area contributed by atoms with Crippen molar-refractivity contribution in [3.05, 3.63) is 60.2 Å². The number of nitrogens with one attached hydrogen (secondary N) is 1. The van der Waals surface area contributed by atoms with Gasteiger partial charge in [-0.15, -0.1) is 0 Å². The second-order valence-corrected chi connectivity index (χ2v) is 7.25. The molecule has 3 amide bonds. The third kappa shape index (κ3) is 5.25. The van der Waals surface area contributed by atoms with Crippen molar-refractivity contribution in [2.45, 2.75) is 19.4 Å². The SMILES string of the molecule is CN(C)C(=O)N1CCCC(C(=O)Nc2ccc(OCc3ccccc3)cc2)C1. The zero-order chi connectivity index (χ0) is 19.9. The molecule has 148 valence electrons. The number of hydrogen-bond acceptors (Lipinski definition) is 3. The van der Waals surface area contributed by atoms with Gasteiger partial charge in [-0.3, -0.25) is 4.79 Å². The molecule has 2 aromatic carbocycles. The van der Waals surface area contributed by atoms with Crippen LogP contribution in [0, 0.1) is 5.92 Å². The van der Waals surface area contributed by atoms with E-state index in [9.17, 15) is 9.59 Å². The molecular formula is C22H27N3O3. The van der Waals surface area contributed by atoms with Crippen LogP contribution in [0.2, 0.25) is 0 Å². The van der Waals surface area contributed by atoms with Crippen molar-refractivity contribution in [3.8, 4) is 5.75 Å². The highest BCUT2D eigenvalue weighted by molar-refractivity contribution is 5.93. The van der Waals surface area contributed by atoms with E-state index in [1.165, 1.54) is 0 Å². The quantitative estimate of drug-likeness (QED) is 0.861. The summed E-state index contributed by atoms with van der Waals surface area (Å²) in [5.74, 6) is 0.517. The molecule has 1 aliphatic rings. The van der Waals surface area contributed by atoms with Gasteiger partial charge >= 0.3 is 6.03 Å². The van der Waals surface area contributed by atoms with Gasteiger partial charge in [0.15, 0.2) is 0 Å². The molecule has 0 aliphatic carbocycles. The second kappa shape index (κ2) is 9.26. The lowest BCUT2D eigenvalue weighted by molar-refractivity contribution is -0.121. The molecule has 28 heavy (non-hydrogen) atoms. The summed E-state index contributed by atoms with van der Waals surface area (Å²) < 4.78 is 5.77. The normalized spacial score (nSPS) is 16.4. The van der Waals surface area contributed by atoms with Crippen LogP contribution >= 0.6 is 0 Å². The fraction of sp³-hybridized carbons (Fsp3) is 0.364. The maximum absolute atomic E-state index is 12.6. The van der Waals surface area contributed by atoms with Gasteiger partial charge in [0.2, 0.25) is 5.91 Å². The van der Waals surface area contributed by atoms with E-state index < -0.39 is 0 Å². The predicted octanol–water partition coefficient (Wildman–Crippen LogP) is 3.60. The van der Waals surface area contributed by atoms with Crippen molar-refractivity contribution in [1.29, 1.82) is 0 Å². The lowest BCUT2D eigenvalue weighted by atomic mass is 9.97. The Bertz CT molecular complexity index is 790. The number of anilines is 1. The molecule has 0 radical (unpaired) electrons. The summed E-state index contributed by atoms with van der Waals surface area (Å²) in [6.45, 7) is 1.67. The molecule has 6 heteroatoms. The topological polar surface area (TPSA) is 61.9 Å². The minimum Gasteiger partial charge on any atom is -0.489 e. The Kier molecular flexibility index (Phi) is 6.53. The summed E-state index contributed by atoms with van der Waals surface area (Å²) in [6, 6.07) is 17.3. The Labute approximate surface area is 166 Å². The molecule has 6 nitrogen and oxygen atoms in total. The molecule has 2 aromatic rings. The average molecular weight is 381 g/mol. The first-order valence-corrected chi connectivity index (χ1v) is 9.57. The summed E-state index contributed by atoms with van der Waals surface area (Å²) in [5.41, 5.74) is 1.84. The van der Waals surface area contributed by atoms with Gasteiger partial charge in [-0.2, -0.15) is 0 Å². The Hall–Kier alpha value is -3.02. The van der Waals surface area contributed by atoms with Gasteiger partial charge < -0.3 is 19.9 Å². The number of urea groups is 1. The smallest absolute Gasteiger partial charge is 0.319 e. The number of carbonyl (C=O) groups excluding carboxylic acids is 2. The molecule has 1 N–H and O–H groups in total. The molecule has 1 saturated heterocycles. The number of amides is 3. The largest absolute Gasteiger partial charge is 0.489 e. The molecule has 3 rings (SSSR count). The Balaban J connectivity index is 1.52. The van der Waals surface area contributed by atoms with E-state index in [1.54, 1.807) is 23.9 Å². The van der Waals surface area contributed by atoms with E-state index in [2.05, 4.69) is 5.32 Å². The zero-order valence-electron chi connectivity index (χ0n) is 16.4. The van der Waals surface area contributed by atoms with Crippen molar-refractivity contribution in [2.24, 2.45) is 5.92 Å². The molecule has 1 unspecified atom stereocenters. The van der Waals surface area contributed by atoms with Crippen molar-refractivity contribution >= 4 is 17.6 Å². The van der Waals surface area contributed by atoms with Gasteiger partial charge in [-0.25, -0.2) is 4.79 Å². The lowest BCUT2D eigenvalue weighted by Gasteiger charge is -2.33. The fourth-order valence-electron chi connectivity index (χ4n) is 3.27. The predicted molar refractivity (Wildman–Crippen MR) is 109 cm³/mol. The lowest BCUT2D eigenvalue weighted by Crippen LogP contribution is -2.47. The van der Waals surface area contributed by atoms with E-state index >= 15 is 0 Å². The number of hydrogen-bond donors (Lipinski definition) is 1. The van der Waals surface area contributed by atoms with E-state index in [-0.39, 0.29) is 17.9 Å². The number of nitrogens with zero attached hydrogens (tertiary/aromatic N) is 2. The molecule has 1 aliphatic heterocycles. The molecule has 0 bridgehead atoms. The number of benzene rings is 2. The standard InChI is InChI=1S/C22H27N3O3/c1-24(2)22(27)25-14-6-9-18(15-25)21(26)23-19-10-12-20(13-11-19)28-16-17-7-4-3-5-8-17/h3-5,7-8,10-13,18H,6,9,14-16H2,1-2H3,(H,23,26). The van der Waals surface area contributed by atoms with Crippen LogP contribution in [0.25, 0.3) is 0 Å². The van der Waals surface area contributed by atoms with Crippen LogP contribution < -0.4 is 10.1 Å². The first-order valence-electron chi connectivity index (χ1n) is 9.57. The van der Waals surface area contributed by atoms with Crippen molar-refractivity contribution in [3.63, 3.8) is 0 Å². The van der Waals surface area contributed by atoms with Crippen LogP contribution in [-0.4, -0.2) is 48.9 Å². The van der Waals surface area contributed by atoms with Crippen LogP contribution in [0.15, 0.2) is 54.6 Å². The average Bonchev–Trinajstić information content (AvgIpc) is 2.73. The van der Waals surface area contributed by atoms with Gasteiger partial charge in [-0.05, 0) is 42.7 Å². The molecule has 0 aromatic heterocycles. The number of rotatable bonds is 5. The van der Waals surface area contributed by atoms with Gasteiger partial charge in [0.05, 0.1) is 5.92 Å². The molecule has 0 spiro atoms. The van der Waals surface area contributed by atoms with E-state index in [4.69, 9.17) is 4.74 Å². The summed E-state index contributed by atoms with van der Waals surface area (Å²) in [6.07, 6.45) is 1.63. The van der Waals surface area contributed by atoms with Crippen molar-refractivity contribution in [2.75, 3.05) is 32.5 Å². The van der Waals surface area contributed by atoms with E-state index in [0.717, 1.165) is 29.8 Å². The number of ether oxygens (including phenoxy) is 1. The summed E-state index contributed by atoms with van der Waals surface area (Å²) in [4.78, 5) is 28.0. The van der Waals surface area contributed by atoms with Crippen molar-refractivity contribution in [1.82, 2.24) is 9.80 Å². The molecule has 0 saturated carbocycles. The highest BCUT2D eigenvalue weighted by Crippen LogP contribution is 2.21. The monoisotopic (exact) mass is 381 g/mol. The van der Waals surface area contributed by atoms with Crippen LogP contribution in [0.1, 0.15) is 18.4 Å². The minimum atomic E-state index is -0.188. The van der Waals surface area contributed by atoms with Crippen LogP contribution in [-0.2, 0) is 11.4 Å². The van der Waals surface area contributed by atoms with E-state index in [1.807, 2.05) is 54.6 Å². The van der Waals surface area contributed by atoms with Gasteiger partial charge in [0.1, 0.15) is 12.4 Å². The Morgan fingerprint density at radius 3 is 2.50 bits per heavy atom. The summed E-state index contributed by atoms with van der Waals surface area (Å²) in [5, 5.41) is 2.96. The maximum atomic E-state index is 12.6. The van der Waals surface area contributed by atoms with Gasteiger partial charge in [-0.1, -0.05) is 30.3 Å². The maximum Gasteiger partial charge on any atom is 0.319 e. The van der Waals surface area contributed by atoms with E-state index in [0.29, 0.717) is 19.7 Å². The number of carbonyl (C=O) groups is 2. The second-order valence-electron chi connectivity index (χ2n) is 7.25. The number of likely N-dealkylation sites (tertiary alicyclic amines) is 1. The van der Waals surface area contributed by atoms with Crippen LogP contribution in [0.4, 0.5) is 10.5 Å². The molecule has 1 heterocycles. The minimum absolute atomic E-state index is 0.0441. The molecule has 1 atom stereocenters. The third-order valence-electron chi connectivity index (χ3n) is 4.82. The van der Waals surface area contributed by atoms with Crippen molar-refractivity contribution < 1.29 is 14.3 Å². The van der Waals surface area contributed by atoms with Gasteiger partial charge in [0.25, 0.3) is 0 Å². The number of piperidine rings is 1. The zero-order valence-corrected chi connectivity index (χ0v) is 16.4. The first-order chi connectivity index (χ1) is 13.5. The van der Waals surface area contributed by atoms with Gasteiger partial charge in [0, 0.05) is 32.9 Å². The summed E-state index contributed by atoms with van der Waals surface area (Å²) >= 11 is 0. The highest BCUT2D eigenvalue weighted by Gasteiger charge is 2.29. The van der Waals surface area contributed by atoms with Crippen LogP contribution in [0.5, 0.6) is 5.75 Å². The van der Waals surface area contributed by atoms with Crippen LogP contribution in [0.3, 0.4) is 0 Å². The Morgan fingerprint density at radius 1 is 1.11 bits per heavy atom. The summed E-state index contributed by atoms with van der Waals surface area (Å²) in [7, 11) is 3.46. The molecule has 1 fully saturated rings. The fourth-order valence-corrected chi connectivity index (χ4v) is 3.27. The first kappa shape index (κ1) is 19.7. The highest BCUT2D eigenvalue weighted by atomic mass is 16.5. The third-order valence-corrected chi connectivity index (χ3v) is 4.82. The Morgan fingerprint density at radius 2 is 1.82 bits per heavy atom. The molecular weight excluding hydrogens is 354 g/mol.